The molecule has 4 rings (SSSR count). The van der Waals surface area contributed by atoms with Gasteiger partial charge in [0.15, 0.2) is 0 Å². The van der Waals surface area contributed by atoms with Gasteiger partial charge in [0, 0.05) is 19.7 Å². The van der Waals surface area contributed by atoms with Gasteiger partial charge in [-0.3, -0.25) is 4.79 Å². The molecule has 0 bridgehead atoms. The molecule has 1 aromatic heterocycles. The summed E-state index contributed by atoms with van der Waals surface area (Å²) in [5.74, 6) is -0.0106. The predicted octanol–water partition coefficient (Wildman–Crippen LogP) is 2.88. The SMILES string of the molecule is O=C(NCc1cccc(Cn2cnc3ccccc32)c1)[C@H]1CCCO1. The fourth-order valence-corrected chi connectivity index (χ4v) is 3.26. The number of para-hydroxylation sites is 2. The topological polar surface area (TPSA) is 56.2 Å². The first-order valence-electron chi connectivity index (χ1n) is 8.66. The van der Waals surface area contributed by atoms with Gasteiger partial charge >= 0.3 is 0 Å². The van der Waals surface area contributed by atoms with E-state index in [1.54, 1.807) is 0 Å². The molecule has 0 unspecified atom stereocenters. The van der Waals surface area contributed by atoms with Crippen LogP contribution in [0.15, 0.2) is 54.9 Å². The van der Waals surface area contributed by atoms with E-state index in [-0.39, 0.29) is 12.0 Å². The van der Waals surface area contributed by atoms with Gasteiger partial charge in [-0.2, -0.15) is 0 Å². The maximum atomic E-state index is 12.1. The molecular weight excluding hydrogens is 314 g/mol. The maximum Gasteiger partial charge on any atom is 0.249 e. The van der Waals surface area contributed by atoms with Crippen molar-refractivity contribution in [2.45, 2.75) is 32.0 Å². The first-order valence-corrected chi connectivity index (χ1v) is 8.66. The second-order valence-corrected chi connectivity index (χ2v) is 6.40. The number of fused-ring (bicyclic) bond motifs is 1. The molecule has 1 fully saturated rings. The van der Waals surface area contributed by atoms with E-state index in [9.17, 15) is 4.79 Å². The van der Waals surface area contributed by atoms with Gasteiger partial charge < -0.3 is 14.6 Å². The van der Waals surface area contributed by atoms with Crippen molar-refractivity contribution in [1.82, 2.24) is 14.9 Å². The Morgan fingerprint density at radius 2 is 2.08 bits per heavy atom. The summed E-state index contributed by atoms with van der Waals surface area (Å²) in [6, 6.07) is 16.4. The Bertz CT molecular complexity index is 881. The lowest BCUT2D eigenvalue weighted by molar-refractivity contribution is -0.130. The zero-order valence-electron chi connectivity index (χ0n) is 14.0. The van der Waals surface area contributed by atoms with Crippen molar-refractivity contribution in [2.75, 3.05) is 6.61 Å². The van der Waals surface area contributed by atoms with Crippen molar-refractivity contribution in [1.29, 1.82) is 0 Å². The average molecular weight is 335 g/mol. The van der Waals surface area contributed by atoms with E-state index in [4.69, 9.17) is 4.74 Å². The summed E-state index contributed by atoms with van der Waals surface area (Å²) in [4.78, 5) is 16.5. The lowest BCUT2D eigenvalue weighted by Gasteiger charge is -2.11. The van der Waals surface area contributed by atoms with Crippen LogP contribution < -0.4 is 5.32 Å². The van der Waals surface area contributed by atoms with E-state index in [0.717, 1.165) is 36.0 Å². The highest BCUT2D eigenvalue weighted by molar-refractivity contribution is 5.81. The highest BCUT2D eigenvalue weighted by Gasteiger charge is 2.22. The normalized spacial score (nSPS) is 17.0. The van der Waals surface area contributed by atoms with Crippen LogP contribution in [0.25, 0.3) is 11.0 Å². The molecule has 2 heterocycles. The monoisotopic (exact) mass is 335 g/mol. The van der Waals surface area contributed by atoms with E-state index < -0.39 is 0 Å². The van der Waals surface area contributed by atoms with Crippen LogP contribution in [0.2, 0.25) is 0 Å². The summed E-state index contributed by atoms with van der Waals surface area (Å²) in [6.45, 7) is 1.97. The number of amides is 1. The number of aromatic nitrogens is 2. The Hall–Kier alpha value is -2.66. The number of rotatable bonds is 5. The molecule has 1 N–H and O–H groups in total. The lowest BCUT2D eigenvalue weighted by Crippen LogP contribution is -2.33. The van der Waals surface area contributed by atoms with E-state index in [2.05, 4.69) is 33.1 Å². The van der Waals surface area contributed by atoms with Gasteiger partial charge in [0.1, 0.15) is 6.10 Å². The molecular formula is C20H21N3O2. The Balaban J connectivity index is 1.43. The third-order valence-electron chi connectivity index (χ3n) is 4.56. The summed E-state index contributed by atoms with van der Waals surface area (Å²) in [7, 11) is 0. The number of benzene rings is 2. The second-order valence-electron chi connectivity index (χ2n) is 6.40. The number of carbonyl (C=O) groups is 1. The predicted molar refractivity (Wildman–Crippen MR) is 96.1 cm³/mol. The first kappa shape index (κ1) is 15.8. The molecule has 0 spiro atoms. The van der Waals surface area contributed by atoms with Crippen molar-refractivity contribution < 1.29 is 9.53 Å². The molecule has 1 saturated heterocycles. The summed E-state index contributed by atoms with van der Waals surface area (Å²) >= 11 is 0. The molecule has 5 heteroatoms. The molecule has 1 amide bonds. The summed E-state index contributed by atoms with van der Waals surface area (Å²) in [6.07, 6.45) is 3.38. The van der Waals surface area contributed by atoms with Crippen LogP contribution in [0.3, 0.4) is 0 Å². The van der Waals surface area contributed by atoms with Crippen LogP contribution in [-0.4, -0.2) is 28.2 Å². The molecule has 1 atom stereocenters. The zero-order valence-corrected chi connectivity index (χ0v) is 14.0. The number of hydrogen-bond donors (Lipinski definition) is 1. The fourth-order valence-electron chi connectivity index (χ4n) is 3.26. The number of nitrogens with one attached hydrogen (secondary N) is 1. The second kappa shape index (κ2) is 7.07. The Labute approximate surface area is 146 Å². The molecule has 0 saturated carbocycles. The van der Waals surface area contributed by atoms with Crippen LogP contribution in [0.1, 0.15) is 24.0 Å². The van der Waals surface area contributed by atoms with E-state index in [1.807, 2.05) is 36.7 Å². The van der Waals surface area contributed by atoms with Crippen molar-refractivity contribution in [2.24, 2.45) is 0 Å². The fraction of sp³-hybridized carbons (Fsp3) is 0.300. The number of ether oxygens (including phenoxy) is 1. The minimum atomic E-state index is -0.277. The number of imidazole rings is 1. The molecule has 25 heavy (non-hydrogen) atoms. The van der Waals surface area contributed by atoms with E-state index >= 15 is 0 Å². The van der Waals surface area contributed by atoms with Crippen LogP contribution in [-0.2, 0) is 22.6 Å². The van der Waals surface area contributed by atoms with Crippen molar-refractivity contribution >= 4 is 16.9 Å². The Kier molecular flexibility index (Phi) is 4.48. The highest BCUT2D eigenvalue weighted by Crippen LogP contribution is 2.15. The third-order valence-corrected chi connectivity index (χ3v) is 4.56. The molecule has 2 aromatic carbocycles. The standard InChI is InChI=1S/C20H21N3O2/c24-20(19-9-4-10-25-19)21-12-15-5-3-6-16(11-15)13-23-14-22-17-7-1-2-8-18(17)23/h1-3,5-8,11,14,19H,4,9-10,12-13H2,(H,21,24)/t19-/m1/s1. The van der Waals surface area contributed by atoms with Crippen LogP contribution in [0, 0.1) is 0 Å². The summed E-state index contributed by atoms with van der Waals surface area (Å²) < 4.78 is 7.55. The van der Waals surface area contributed by atoms with Crippen molar-refractivity contribution in [3.63, 3.8) is 0 Å². The molecule has 0 radical (unpaired) electrons. The maximum absolute atomic E-state index is 12.1. The smallest absolute Gasteiger partial charge is 0.249 e. The van der Waals surface area contributed by atoms with Gasteiger partial charge in [0.25, 0.3) is 0 Å². The lowest BCUT2D eigenvalue weighted by atomic mass is 10.1. The molecule has 1 aliphatic rings. The average Bonchev–Trinajstić information content (AvgIpc) is 3.31. The van der Waals surface area contributed by atoms with Gasteiger partial charge in [-0.15, -0.1) is 0 Å². The quantitative estimate of drug-likeness (QED) is 0.780. The van der Waals surface area contributed by atoms with E-state index in [1.165, 1.54) is 5.56 Å². The van der Waals surface area contributed by atoms with Gasteiger partial charge in [-0.25, -0.2) is 4.98 Å². The number of hydrogen-bond acceptors (Lipinski definition) is 3. The van der Waals surface area contributed by atoms with Crippen molar-refractivity contribution in [3.05, 3.63) is 66.0 Å². The minimum absolute atomic E-state index is 0.0106. The minimum Gasteiger partial charge on any atom is -0.368 e. The molecule has 128 valence electrons. The molecule has 5 nitrogen and oxygen atoms in total. The largest absolute Gasteiger partial charge is 0.368 e. The van der Waals surface area contributed by atoms with Crippen LogP contribution >= 0.6 is 0 Å². The highest BCUT2D eigenvalue weighted by atomic mass is 16.5. The van der Waals surface area contributed by atoms with Crippen molar-refractivity contribution in [3.8, 4) is 0 Å². The Morgan fingerprint density at radius 1 is 1.20 bits per heavy atom. The van der Waals surface area contributed by atoms with Crippen LogP contribution in [0.4, 0.5) is 0 Å². The number of carbonyl (C=O) groups excluding carboxylic acids is 1. The first-order chi connectivity index (χ1) is 12.3. The summed E-state index contributed by atoms with van der Waals surface area (Å²) in [5, 5.41) is 2.97. The molecule has 0 aliphatic carbocycles. The zero-order chi connectivity index (χ0) is 17.1. The van der Waals surface area contributed by atoms with Gasteiger partial charge in [0.2, 0.25) is 5.91 Å². The van der Waals surface area contributed by atoms with Gasteiger partial charge in [-0.1, -0.05) is 36.4 Å². The van der Waals surface area contributed by atoms with E-state index in [0.29, 0.717) is 13.2 Å². The Morgan fingerprint density at radius 3 is 2.96 bits per heavy atom. The number of nitrogens with zero attached hydrogens (tertiary/aromatic N) is 2. The molecule has 3 aromatic rings. The molecule has 1 aliphatic heterocycles. The third kappa shape index (κ3) is 3.56. The summed E-state index contributed by atoms with van der Waals surface area (Å²) in [5.41, 5.74) is 4.40. The van der Waals surface area contributed by atoms with Gasteiger partial charge in [0.05, 0.1) is 17.4 Å². The van der Waals surface area contributed by atoms with Crippen LogP contribution in [0.5, 0.6) is 0 Å². The van der Waals surface area contributed by atoms with Gasteiger partial charge in [-0.05, 0) is 36.1 Å².